The Bertz CT molecular complexity index is 189. The molecule has 0 aliphatic carbocycles. The van der Waals surface area contributed by atoms with Gasteiger partial charge in [0.2, 0.25) is 0 Å². The largest absolute Gasteiger partial charge is 0.312 e. The van der Waals surface area contributed by atoms with Crippen molar-refractivity contribution in [2.24, 2.45) is 11.8 Å². The molecule has 1 fully saturated rings. The van der Waals surface area contributed by atoms with Gasteiger partial charge in [-0.3, -0.25) is 4.90 Å². The Kier molecular flexibility index (Phi) is 5.77. The average Bonchev–Trinajstić information content (AvgIpc) is 2.25. The van der Waals surface area contributed by atoms with Crippen molar-refractivity contribution in [2.75, 3.05) is 19.6 Å². The number of hydrogen-bond donors (Lipinski definition) is 1. The Morgan fingerprint density at radius 1 is 1.19 bits per heavy atom. The van der Waals surface area contributed by atoms with E-state index in [9.17, 15) is 0 Å². The Morgan fingerprint density at radius 2 is 1.88 bits per heavy atom. The van der Waals surface area contributed by atoms with E-state index in [-0.39, 0.29) is 0 Å². The minimum Gasteiger partial charge on any atom is -0.312 e. The second-order valence-electron chi connectivity index (χ2n) is 6.06. The number of nitrogens with one attached hydrogen (secondary N) is 1. The van der Waals surface area contributed by atoms with Gasteiger partial charge >= 0.3 is 0 Å². The lowest BCUT2D eigenvalue weighted by Gasteiger charge is -2.40. The quantitative estimate of drug-likeness (QED) is 0.775. The topological polar surface area (TPSA) is 15.3 Å². The Labute approximate surface area is 102 Å². The monoisotopic (exact) mass is 226 g/mol. The van der Waals surface area contributed by atoms with Crippen LogP contribution in [0.5, 0.6) is 0 Å². The molecule has 96 valence electrons. The summed E-state index contributed by atoms with van der Waals surface area (Å²) in [6.45, 7) is 15.2. The molecule has 0 saturated carbocycles. The zero-order valence-electron chi connectivity index (χ0n) is 11.8. The predicted molar refractivity (Wildman–Crippen MR) is 71.7 cm³/mol. The molecule has 1 heterocycles. The lowest BCUT2D eigenvalue weighted by molar-refractivity contribution is 0.108. The van der Waals surface area contributed by atoms with Crippen LogP contribution in [0.25, 0.3) is 0 Å². The molecule has 2 nitrogen and oxygen atoms in total. The van der Waals surface area contributed by atoms with Crippen molar-refractivity contribution >= 4 is 0 Å². The SMILES string of the molecule is CCC1CC(NCC(C)C)CN(C(C)C)C1. The van der Waals surface area contributed by atoms with Crippen LogP contribution in [-0.4, -0.2) is 36.6 Å². The fourth-order valence-corrected chi connectivity index (χ4v) is 2.51. The van der Waals surface area contributed by atoms with Gasteiger partial charge in [-0.15, -0.1) is 0 Å². The third kappa shape index (κ3) is 4.42. The minimum absolute atomic E-state index is 0.692. The molecule has 0 bridgehead atoms. The van der Waals surface area contributed by atoms with Gasteiger partial charge in [0.05, 0.1) is 0 Å². The van der Waals surface area contributed by atoms with E-state index in [1.54, 1.807) is 0 Å². The number of piperidine rings is 1. The second kappa shape index (κ2) is 6.61. The molecule has 1 N–H and O–H groups in total. The molecule has 2 heteroatoms. The van der Waals surface area contributed by atoms with E-state index < -0.39 is 0 Å². The van der Waals surface area contributed by atoms with Gasteiger partial charge in [-0.05, 0) is 38.6 Å². The highest BCUT2D eigenvalue weighted by molar-refractivity contribution is 4.84. The van der Waals surface area contributed by atoms with Crippen molar-refractivity contribution in [2.45, 2.75) is 59.5 Å². The first-order valence-electron chi connectivity index (χ1n) is 7.00. The summed E-state index contributed by atoms with van der Waals surface area (Å²) in [6.07, 6.45) is 2.69. The number of hydrogen-bond acceptors (Lipinski definition) is 2. The lowest BCUT2D eigenvalue weighted by Crippen LogP contribution is -2.51. The van der Waals surface area contributed by atoms with Crippen molar-refractivity contribution < 1.29 is 0 Å². The van der Waals surface area contributed by atoms with Crippen LogP contribution in [0.15, 0.2) is 0 Å². The Balaban J connectivity index is 2.44. The molecule has 0 aromatic carbocycles. The van der Waals surface area contributed by atoms with Crippen LogP contribution in [-0.2, 0) is 0 Å². The standard InChI is InChI=1S/C14H30N2/c1-6-13-7-14(15-8-11(2)3)10-16(9-13)12(4)5/h11-15H,6-10H2,1-5H3. The van der Waals surface area contributed by atoms with Gasteiger partial charge in [0.15, 0.2) is 0 Å². The van der Waals surface area contributed by atoms with Gasteiger partial charge in [0, 0.05) is 25.2 Å². The first-order chi connectivity index (χ1) is 7.52. The van der Waals surface area contributed by atoms with Crippen molar-refractivity contribution in [1.29, 1.82) is 0 Å². The van der Waals surface area contributed by atoms with Crippen LogP contribution in [0.1, 0.15) is 47.5 Å². The van der Waals surface area contributed by atoms with Gasteiger partial charge in [-0.1, -0.05) is 27.2 Å². The molecule has 1 saturated heterocycles. The van der Waals surface area contributed by atoms with Gasteiger partial charge in [0.1, 0.15) is 0 Å². The van der Waals surface area contributed by atoms with Gasteiger partial charge in [0.25, 0.3) is 0 Å². The second-order valence-corrected chi connectivity index (χ2v) is 6.06. The molecule has 0 aromatic rings. The zero-order chi connectivity index (χ0) is 12.1. The van der Waals surface area contributed by atoms with Crippen molar-refractivity contribution in [1.82, 2.24) is 10.2 Å². The highest BCUT2D eigenvalue weighted by Gasteiger charge is 2.27. The van der Waals surface area contributed by atoms with E-state index in [0.717, 1.165) is 18.4 Å². The molecule has 0 radical (unpaired) electrons. The van der Waals surface area contributed by atoms with E-state index in [4.69, 9.17) is 0 Å². The Morgan fingerprint density at radius 3 is 2.38 bits per heavy atom. The van der Waals surface area contributed by atoms with Crippen molar-refractivity contribution in [3.63, 3.8) is 0 Å². The van der Waals surface area contributed by atoms with Crippen LogP contribution in [0.4, 0.5) is 0 Å². The number of likely N-dealkylation sites (tertiary alicyclic amines) is 1. The third-order valence-electron chi connectivity index (χ3n) is 3.69. The van der Waals surface area contributed by atoms with E-state index in [2.05, 4.69) is 44.8 Å². The first kappa shape index (κ1) is 14.0. The zero-order valence-corrected chi connectivity index (χ0v) is 11.8. The van der Waals surface area contributed by atoms with E-state index in [1.165, 1.54) is 25.9 Å². The van der Waals surface area contributed by atoms with Crippen LogP contribution < -0.4 is 5.32 Å². The van der Waals surface area contributed by atoms with Crippen LogP contribution >= 0.6 is 0 Å². The normalized spacial score (nSPS) is 27.9. The van der Waals surface area contributed by atoms with Crippen molar-refractivity contribution in [3.05, 3.63) is 0 Å². The molecule has 2 unspecified atom stereocenters. The molecule has 0 amide bonds. The summed E-state index contributed by atoms with van der Waals surface area (Å²) >= 11 is 0. The summed E-state index contributed by atoms with van der Waals surface area (Å²) < 4.78 is 0. The van der Waals surface area contributed by atoms with Crippen LogP contribution in [0.2, 0.25) is 0 Å². The molecule has 1 aliphatic rings. The van der Waals surface area contributed by atoms with Crippen LogP contribution in [0.3, 0.4) is 0 Å². The minimum atomic E-state index is 0.692. The van der Waals surface area contributed by atoms with Gasteiger partial charge in [-0.25, -0.2) is 0 Å². The highest BCUT2D eigenvalue weighted by Crippen LogP contribution is 2.21. The molecule has 16 heavy (non-hydrogen) atoms. The highest BCUT2D eigenvalue weighted by atomic mass is 15.2. The summed E-state index contributed by atoms with van der Waals surface area (Å²) in [5.74, 6) is 1.65. The third-order valence-corrected chi connectivity index (χ3v) is 3.69. The fourth-order valence-electron chi connectivity index (χ4n) is 2.51. The van der Waals surface area contributed by atoms with Crippen LogP contribution in [0, 0.1) is 11.8 Å². The van der Waals surface area contributed by atoms with E-state index in [0.29, 0.717) is 12.1 Å². The summed E-state index contributed by atoms with van der Waals surface area (Å²) in [5, 5.41) is 3.73. The summed E-state index contributed by atoms with van der Waals surface area (Å²) in [4.78, 5) is 2.63. The molecular weight excluding hydrogens is 196 g/mol. The van der Waals surface area contributed by atoms with Gasteiger partial charge < -0.3 is 5.32 Å². The molecular formula is C14H30N2. The van der Waals surface area contributed by atoms with Crippen molar-refractivity contribution in [3.8, 4) is 0 Å². The lowest BCUT2D eigenvalue weighted by atomic mass is 9.91. The maximum absolute atomic E-state index is 3.73. The smallest absolute Gasteiger partial charge is 0.0198 e. The molecule has 1 aliphatic heterocycles. The Hall–Kier alpha value is -0.0800. The summed E-state index contributed by atoms with van der Waals surface area (Å²) in [7, 11) is 0. The fraction of sp³-hybridized carbons (Fsp3) is 1.00. The molecule has 0 aromatic heterocycles. The van der Waals surface area contributed by atoms with Gasteiger partial charge in [-0.2, -0.15) is 0 Å². The number of rotatable bonds is 5. The first-order valence-corrected chi connectivity index (χ1v) is 7.00. The summed E-state index contributed by atoms with van der Waals surface area (Å²) in [6, 6.07) is 1.40. The maximum atomic E-state index is 3.73. The predicted octanol–water partition coefficient (Wildman–Crippen LogP) is 2.74. The molecule has 1 rings (SSSR count). The molecule has 2 atom stereocenters. The summed E-state index contributed by atoms with van der Waals surface area (Å²) in [5.41, 5.74) is 0. The average molecular weight is 226 g/mol. The van der Waals surface area contributed by atoms with E-state index in [1.807, 2.05) is 0 Å². The van der Waals surface area contributed by atoms with E-state index >= 15 is 0 Å². The number of nitrogens with zero attached hydrogens (tertiary/aromatic N) is 1. The molecule has 0 spiro atoms. The maximum Gasteiger partial charge on any atom is 0.0198 e.